The second kappa shape index (κ2) is 4.08. The van der Waals surface area contributed by atoms with Crippen LogP contribution in [-0.4, -0.2) is 35.2 Å². The number of carboxylic acid groups (broad SMARTS) is 1. The van der Waals surface area contributed by atoms with Gasteiger partial charge in [0.15, 0.2) is 10.8 Å². The van der Waals surface area contributed by atoms with E-state index in [1.807, 2.05) is 0 Å². The van der Waals surface area contributed by atoms with Gasteiger partial charge in [0, 0.05) is 12.4 Å². The minimum atomic E-state index is -5.01. The maximum atomic E-state index is 12.0. The Labute approximate surface area is 91.1 Å². The van der Waals surface area contributed by atoms with Crippen molar-refractivity contribution < 1.29 is 27.9 Å². The molecule has 0 saturated heterocycles. The van der Waals surface area contributed by atoms with Gasteiger partial charge in [-0.25, -0.2) is 9.78 Å². The van der Waals surface area contributed by atoms with Gasteiger partial charge in [-0.2, -0.15) is 13.2 Å². The van der Waals surface area contributed by atoms with Gasteiger partial charge in [-0.3, -0.25) is 9.69 Å². The number of aromatic nitrogens is 1. The van der Waals surface area contributed by atoms with Crippen molar-refractivity contribution in [1.82, 2.24) is 4.98 Å². The molecule has 16 heavy (non-hydrogen) atoms. The van der Waals surface area contributed by atoms with Gasteiger partial charge in [0.1, 0.15) is 0 Å². The zero-order valence-electron chi connectivity index (χ0n) is 7.78. The second-order valence-electron chi connectivity index (χ2n) is 2.68. The summed E-state index contributed by atoms with van der Waals surface area (Å²) in [6, 6.07) is 0. The van der Waals surface area contributed by atoms with Crippen LogP contribution < -0.4 is 4.90 Å². The van der Waals surface area contributed by atoms with Crippen LogP contribution in [-0.2, 0) is 4.79 Å². The monoisotopic (exact) mass is 254 g/mol. The fourth-order valence-corrected chi connectivity index (χ4v) is 1.56. The van der Waals surface area contributed by atoms with Crippen molar-refractivity contribution >= 4 is 28.3 Å². The van der Waals surface area contributed by atoms with E-state index >= 15 is 0 Å². The largest absolute Gasteiger partial charge is 0.476 e. The lowest BCUT2D eigenvalue weighted by Crippen LogP contribution is -2.38. The third-order valence-corrected chi connectivity index (χ3v) is 2.46. The third-order valence-electron chi connectivity index (χ3n) is 1.55. The van der Waals surface area contributed by atoms with Crippen LogP contribution in [0, 0.1) is 0 Å². The molecule has 9 heteroatoms. The van der Waals surface area contributed by atoms with Crippen LogP contribution in [0.15, 0.2) is 5.38 Å². The van der Waals surface area contributed by atoms with Crippen molar-refractivity contribution in [2.24, 2.45) is 0 Å². The molecule has 0 saturated carbocycles. The predicted octanol–water partition coefficient (Wildman–Crippen LogP) is 1.37. The first-order valence-electron chi connectivity index (χ1n) is 3.77. The molecule has 1 rings (SSSR count). The average molecular weight is 254 g/mol. The fourth-order valence-electron chi connectivity index (χ4n) is 0.794. The summed E-state index contributed by atoms with van der Waals surface area (Å²) in [5, 5.41) is 9.23. The zero-order chi connectivity index (χ0) is 12.5. The van der Waals surface area contributed by atoms with E-state index in [2.05, 4.69) is 4.98 Å². The van der Waals surface area contributed by atoms with E-state index in [1.54, 1.807) is 0 Å². The second-order valence-corrected chi connectivity index (χ2v) is 3.52. The number of carbonyl (C=O) groups excluding carboxylic acids is 1. The topological polar surface area (TPSA) is 70.5 Å². The van der Waals surface area contributed by atoms with Crippen molar-refractivity contribution in [2.75, 3.05) is 11.9 Å². The molecule has 0 aliphatic rings. The van der Waals surface area contributed by atoms with E-state index in [0.29, 0.717) is 11.3 Å². The molecule has 1 aromatic rings. The lowest BCUT2D eigenvalue weighted by atomic mass is 10.5. The molecule has 0 unspecified atom stereocenters. The molecule has 0 fully saturated rings. The summed E-state index contributed by atoms with van der Waals surface area (Å²) >= 11 is 0.644. The number of thiazole rings is 1. The first-order chi connectivity index (χ1) is 7.23. The minimum Gasteiger partial charge on any atom is -0.476 e. The molecule has 0 aliphatic carbocycles. The molecule has 1 N–H and O–H groups in total. The standard InChI is InChI=1S/C7H5F3N2O3S/c1-12(5(15)7(8,9)10)6-11-3(2-16-6)4(13)14/h2H,1H3,(H,13,14). The zero-order valence-corrected chi connectivity index (χ0v) is 8.59. The maximum Gasteiger partial charge on any atom is 0.471 e. The Balaban J connectivity index is 2.93. The molecule has 0 spiro atoms. The first-order valence-corrected chi connectivity index (χ1v) is 4.65. The molecular formula is C7H5F3N2O3S. The number of nitrogens with zero attached hydrogens (tertiary/aromatic N) is 2. The van der Waals surface area contributed by atoms with Crippen LogP contribution >= 0.6 is 11.3 Å². The average Bonchev–Trinajstić information content (AvgIpc) is 2.62. The van der Waals surface area contributed by atoms with E-state index in [0.717, 1.165) is 12.4 Å². The van der Waals surface area contributed by atoms with Crippen molar-refractivity contribution in [3.05, 3.63) is 11.1 Å². The highest BCUT2D eigenvalue weighted by Crippen LogP contribution is 2.25. The Bertz CT molecular complexity index is 429. The summed E-state index contributed by atoms with van der Waals surface area (Å²) < 4.78 is 36.1. The van der Waals surface area contributed by atoms with Crippen molar-refractivity contribution in [3.8, 4) is 0 Å². The Morgan fingerprint density at radius 3 is 2.44 bits per heavy atom. The molecule has 0 bridgehead atoms. The Kier molecular flexibility index (Phi) is 3.17. The summed E-state index contributed by atoms with van der Waals surface area (Å²) in [4.78, 5) is 24.8. The molecule has 0 radical (unpaired) electrons. The van der Waals surface area contributed by atoms with E-state index in [1.165, 1.54) is 0 Å². The third kappa shape index (κ3) is 2.48. The van der Waals surface area contributed by atoms with Crippen molar-refractivity contribution in [1.29, 1.82) is 0 Å². The summed E-state index contributed by atoms with van der Waals surface area (Å²) in [5.41, 5.74) is -0.401. The maximum absolute atomic E-state index is 12.0. The number of carboxylic acids is 1. The van der Waals surface area contributed by atoms with Crippen LogP contribution in [0.25, 0.3) is 0 Å². The van der Waals surface area contributed by atoms with E-state index in [9.17, 15) is 22.8 Å². The van der Waals surface area contributed by atoms with Gasteiger partial charge in [0.05, 0.1) is 0 Å². The molecule has 1 heterocycles. The van der Waals surface area contributed by atoms with Gasteiger partial charge in [0.25, 0.3) is 0 Å². The quantitative estimate of drug-likeness (QED) is 0.865. The molecule has 1 amide bonds. The Morgan fingerprint density at radius 2 is 2.06 bits per heavy atom. The van der Waals surface area contributed by atoms with E-state index in [-0.39, 0.29) is 10.0 Å². The summed E-state index contributed by atoms with van der Waals surface area (Å²) in [5.74, 6) is -3.46. The Hall–Kier alpha value is -1.64. The number of amides is 1. The highest BCUT2D eigenvalue weighted by Gasteiger charge is 2.42. The van der Waals surface area contributed by atoms with Gasteiger partial charge in [-0.1, -0.05) is 0 Å². The lowest BCUT2D eigenvalue weighted by Gasteiger charge is -2.14. The molecule has 0 aliphatic heterocycles. The number of rotatable bonds is 2. The summed E-state index contributed by atoms with van der Waals surface area (Å²) in [7, 11) is 0.875. The molecule has 1 aromatic heterocycles. The number of anilines is 1. The van der Waals surface area contributed by atoms with E-state index in [4.69, 9.17) is 5.11 Å². The molecule has 0 aromatic carbocycles. The number of hydrogen-bond donors (Lipinski definition) is 1. The molecule has 0 atom stereocenters. The van der Waals surface area contributed by atoms with Crippen LogP contribution in [0.3, 0.4) is 0 Å². The predicted molar refractivity (Wildman–Crippen MR) is 48.5 cm³/mol. The molecule has 5 nitrogen and oxygen atoms in total. The van der Waals surface area contributed by atoms with Gasteiger partial charge in [-0.15, -0.1) is 11.3 Å². The molecule has 88 valence electrons. The smallest absolute Gasteiger partial charge is 0.471 e. The van der Waals surface area contributed by atoms with Gasteiger partial charge >= 0.3 is 18.1 Å². The summed E-state index contributed by atoms with van der Waals surface area (Å²) in [6.45, 7) is 0. The van der Waals surface area contributed by atoms with Crippen LogP contribution in [0.2, 0.25) is 0 Å². The number of carbonyl (C=O) groups is 2. The van der Waals surface area contributed by atoms with Gasteiger partial charge in [0.2, 0.25) is 0 Å². The lowest BCUT2D eigenvalue weighted by molar-refractivity contribution is -0.170. The first kappa shape index (κ1) is 12.4. The van der Waals surface area contributed by atoms with Crippen molar-refractivity contribution in [3.63, 3.8) is 0 Å². The molecular weight excluding hydrogens is 249 g/mol. The van der Waals surface area contributed by atoms with Crippen LogP contribution in [0.1, 0.15) is 10.5 Å². The summed E-state index contributed by atoms with van der Waals surface area (Å²) in [6.07, 6.45) is -5.01. The number of halogens is 3. The normalized spacial score (nSPS) is 11.2. The highest BCUT2D eigenvalue weighted by molar-refractivity contribution is 7.14. The minimum absolute atomic E-state index is 0.261. The SMILES string of the molecule is CN(C(=O)C(F)(F)F)c1nc(C(=O)O)cs1. The van der Waals surface area contributed by atoms with Gasteiger partial charge < -0.3 is 5.11 Å². The number of alkyl halides is 3. The number of aromatic carboxylic acids is 1. The Morgan fingerprint density at radius 1 is 1.50 bits per heavy atom. The highest BCUT2D eigenvalue weighted by atomic mass is 32.1. The fraction of sp³-hybridized carbons (Fsp3) is 0.286. The van der Waals surface area contributed by atoms with E-state index < -0.39 is 23.7 Å². The van der Waals surface area contributed by atoms with Crippen LogP contribution in [0.5, 0.6) is 0 Å². The van der Waals surface area contributed by atoms with Crippen LogP contribution in [0.4, 0.5) is 18.3 Å². The van der Waals surface area contributed by atoms with Gasteiger partial charge in [-0.05, 0) is 0 Å². The van der Waals surface area contributed by atoms with Crippen molar-refractivity contribution in [2.45, 2.75) is 6.18 Å². The number of hydrogen-bond acceptors (Lipinski definition) is 4.